The summed E-state index contributed by atoms with van der Waals surface area (Å²) in [5, 5.41) is 15.3. The lowest BCUT2D eigenvalue weighted by Crippen LogP contribution is -2.11. The number of aryl methyl sites for hydroxylation is 2. The van der Waals surface area contributed by atoms with Crippen LogP contribution in [0.2, 0.25) is 0 Å². The van der Waals surface area contributed by atoms with Crippen LogP contribution in [0.1, 0.15) is 11.4 Å². The predicted octanol–water partition coefficient (Wildman–Crippen LogP) is 1.69. The zero-order valence-corrected chi connectivity index (χ0v) is 13.2. The molecule has 0 aliphatic rings. The molecule has 0 aliphatic carbocycles. The molecular weight excluding hydrogens is 292 g/mol. The number of aliphatic hydroxyl groups is 1. The maximum atomic E-state index is 8.97. The lowest BCUT2D eigenvalue weighted by atomic mass is 10.2. The Morgan fingerprint density at radius 2 is 1.87 bits per heavy atom. The van der Waals surface area contributed by atoms with E-state index in [1.165, 1.54) is 0 Å². The molecular formula is C16H20N6O. The first-order valence-corrected chi connectivity index (χ1v) is 7.52. The second kappa shape index (κ2) is 6.62. The van der Waals surface area contributed by atoms with Gasteiger partial charge in [-0.15, -0.1) is 0 Å². The molecule has 0 unspecified atom stereocenters. The highest BCUT2D eigenvalue weighted by molar-refractivity contribution is 5.84. The summed E-state index contributed by atoms with van der Waals surface area (Å²) in [7, 11) is 1.93. The second-order valence-electron chi connectivity index (χ2n) is 5.28. The van der Waals surface area contributed by atoms with E-state index in [0.29, 0.717) is 24.9 Å². The molecule has 3 aromatic rings. The van der Waals surface area contributed by atoms with Crippen molar-refractivity contribution in [1.29, 1.82) is 0 Å². The molecule has 0 radical (unpaired) electrons. The average molecular weight is 312 g/mol. The van der Waals surface area contributed by atoms with Crippen LogP contribution in [0.5, 0.6) is 0 Å². The SMILES string of the molecule is Cc1nc2c(NCc3ccccc3)nc(NCCO)nc2n1C. The van der Waals surface area contributed by atoms with Crippen LogP contribution < -0.4 is 10.6 Å². The van der Waals surface area contributed by atoms with Gasteiger partial charge in [0, 0.05) is 20.1 Å². The van der Waals surface area contributed by atoms with E-state index in [2.05, 4.69) is 37.7 Å². The van der Waals surface area contributed by atoms with Gasteiger partial charge in [-0.1, -0.05) is 30.3 Å². The third kappa shape index (κ3) is 3.24. The molecule has 23 heavy (non-hydrogen) atoms. The number of imidazole rings is 1. The molecule has 3 N–H and O–H groups in total. The van der Waals surface area contributed by atoms with E-state index in [0.717, 1.165) is 22.6 Å². The van der Waals surface area contributed by atoms with E-state index in [1.54, 1.807) is 0 Å². The van der Waals surface area contributed by atoms with Crippen molar-refractivity contribution in [2.75, 3.05) is 23.8 Å². The Balaban J connectivity index is 1.94. The van der Waals surface area contributed by atoms with E-state index in [9.17, 15) is 0 Å². The van der Waals surface area contributed by atoms with Crippen molar-refractivity contribution in [3.05, 3.63) is 41.7 Å². The highest BCUT2D eigenvalue weighted by atomic mass is 16.3. The Hall–Kier alpha value is -2.67. The zero-order valence-electron chi connectivity index (χ0n) is 13.2. The van der Waals surface area contributed by atoms with Crippen molar-refractivity contribution in [1.82, 2.24) is 19.5 Å². The van der Waals surface area contributed by atoms with Crippen LogP contribution in [-0.4, -0.2) is 37.8 Å². The van der Waals surface area contributed by atoms with Gasteiger partial charge < -0.3 is 20.3 Å². The van der Waals surface area contributed by atoms with Crippen LogP contribution in [0, 0.1) is 6.92 Å². The Kier molecular flexibility index (Phi) is 4.38. The number of nitrogens with one attached hydrogen (secondary N) is 2. The van der Waals surface area contributed by atoms with Crippen molar-refractivity contribution >= 4 is 22.9 Å². The molecule has 3 rings (SSSR count). The Morgan fingerprint density at radius 1 is 1.09 bits per heavy atom. The van der Waals surface area contributed by atoms with E-state index in [4.69, 9.17) is 5.11 Å². The third-order valence-electron chi connectivity index (χ3n) is 3.64. The fraction of sp³-hybridized carbons (Fsp3) is 0.312. The topological polar surface area (TPSA) is 87.9 Å². The molecule has 120 valence electrons. The van der Waals surface area contributed by atoms with E-state index >= 15 is 0 Å². The van der Waals surface area contributed by atoms with Gasteiger partial charge in [-0.25, -0.2) is 4.98 Å². The van der Waals surface area contributed by atoms with E-state index in [-0.39, 0.29) is 6.61 Å². The Labute approximate surface area is 134 Å². The molecule has 0 saturated carbocycles. The van der Waals surface area contributed by atoms with Crippen LogP contribution in [-0.2, 0) is 13.6 Å². The monoisotopic (exact) mass is 312 g/mol. The summed E-state index contributed by atoms with van der Waals surface area (Å²) in [5.74, 6) is 2.03. The molecule has 0 amide bonds. The number of hydrogen-bond acceptors (Lipinski definition) is 6. The molecule has 2 heterocycles. The number of benzene rings is 1. The van der Waals surface area contributed by atoms with Crippen molar-refractivity contribution < 1.29 is 5.11 Å². The minimum atomic E-state index is 0.0264. The third-order valence-corrected chi connectivity index (χ3v) is 3.64. The summed E-state index contributed by atoms with van der Waals surface area (Å²) in [4.78, 5) is 13.5. The van der Waals surface area contributed by atoms with Gasteiger partial charge in [0.15, 0.2) is 17.0 Å². The van der Waals surface area contributed by atoms with Crippen LogP contribution >= 0.6 is 0 Å². The van der Waals surface area contributed by atoms with Gasteiger partial charge in [-0.05, 0) is 12.5 Å². The van der Waals surface area contributed by atoms with Crippen molar-refractivity contribution in [3.63, 3.8) is 0 Å². The summed E-state index contributed by atoms with van der Waals surface area (Å²) in [5.41, 5.74) is 2.67. The molecule has 0 aliphatic heterocycles. The molecule has 0 spiro atoms. The predicted molar refractivity (Wildman–Crippen MR) is 90.4 cm³/mol. The lowest BCUT2D eigenvalue weighted by molar-refractivity contribution is 0.311. The molecule has 0 fully saturated rings. The van der Waals surface area contributed by atoms with Crippen LogP contribution in [0.15, 0.2) is 30.3 Å². The van der Waals surface area contributed by atoms with Gasteiger partial charge in [0.2, 0.25) is 5.95 Å². The summed E-state index contributed by atoms with van der Waals surface area (Å²) >= 11 is 0. The van der Waals surface area contributed by atoms with Crippen molar-refractivity contribution in [2.45, 2.75) is 13.5 Å². The number of aromatic nitrogens is 4. The first-order chi connectivity index (χ1) is 11.2. The standard InChI is InChI=1S/C16H20N6O/c1-11-19-13-14(18-10-12-6-4-3-5-7-12)20-16(17-8-9-23)21-15(13)22(11)2/h3-7,23H,8-10H2,1-2H3,(H2,17,18,20,21). The van der Waals surface area contributed by atoms with E-state index in [1.807, 2.05) is 36.7 Å². The van der Waals surface area contributed by atoms with Gasteiger partial charge in [0.25, 0.3) is 0 Å². The number of rotatable bonds is 6. The molecule has 7 nitrogen and oxygen atoms in total. The fourth-order valence-electron chi connectivity index (χ4n) is 2.32. The summed E-state index contributed by atoms with van der Waals surface area (Å²) in [6, 6.07) is 10.1. The molecule has 2 aromatic heterocycles. The first kappa shape index (κ1) is 15.2. The molecule has 0 bridgehead atoms. The van der Waals surface area contributed by atoms with E-state index < -0.39 is 0 Å². The Bertz CT molecular complexity index is 799. The largest absolute Gasteiger partial charge is 0.395 e. The fourth-order valence-corrected chi connectivity index (χ4v) is 2.32. The number of anilines is 2. The average Bonchev–Trinajstić information content (AvgIpc) is 2.87. The number of fused-ring (bicyclic) bond motifs is 1. The van der Waals surface area contributed by atoms with Gasteiger partial charge >= 0.3 is 0 Å². The zero-order chi connectivity index (χ0) is 16.2. The summed E-state index contributed by atoms with van der Waals surface area (Å²) in [6.45, 7) is 3.02. The van der Waals surface area contributed by atoms with Crippen LogP contribution in [0.25, 0.3) is 11.2 Å². The van der Waals surface area contributed by atoms with Crippen molar-refractivity contribution in [2.24, 2.45) is 7.05 Å². The number of nitrogens with zero attached hydrogens (tertiary/aromatic N) is 4. The van der Waals surface area contributed by atoms with Gasteiger partial charge in [0.1, 0.15) is 5.82 Å². The summed E-state index contributed by atoms with van der Waals surface area (Å²) in [6.07, 6.45) is 0. The molecule has 0 atom stereocenters. The summed E-state index contributed by atoms with van der Waals surface area (Å²) < 4.78 is 1.93. The number of aliphatic hydroxyl groups excluding tert-OH is 1. The maximum absolute atomic E-state index is 8.97. The lowest BCUT2D eigenvalue weighted by Gasteiger charge is -2.09. The first-order valence-electron chi connectivity index (χ1n) is 7.52. The number of hydrogen-bond donors (Lipinski definition) is 3. The highest BCUT2D eigenvalue weighted by Crippen LogP contribution is 2.22. The molecule has 0 saturated heterocycles. The highest BCUT2D eigenvalue weighted by Gasteiger charge is 2.14. The molecule has 1 aromatic carbocycles. The minimum absolute atomic E-state index is 0.0264. The molecule has 7 heteroatoms. The quantitative estimate of drug-likeness (QED) is 0.642. The minimum Gasteiger partial charge on any atom is -0.395 e. The second-order valence-corrected chi connectivity index (χ2v) is 5.28. The van der Waals surface area contributed by atoms with Crippen molar-refractivity contribution in [3.8, 4) is 0 Å². The van der Waals surface area contributed by atoms with Gasteiger partial charge in [-0.2, -0.15) is 9.97 Å². The normalized spacial score (nSPS) is 10.9. The van der Waals surface area contributed by atoms with Crippen LogP contribution in [0.4, 0.5) is 11.8 Å². The van der Waals surface area contributed by atoms with Gasteiger partial charge in [-0.3, -0.25) is 0 Å². The van der Waals surface area contributed by atoms with Gasteiger partial charge in [0.05, 0.1) is 6.61 Å². The smallest absolute Gasteiger partial charge is 0.226 e. The Morgan fingerprint density at radius 3 is 2.61 bits per heavy atom. The van der Waals surface area contributed by atoms with Crippen LogP contribution in [0.3, 0.4) is 0 Å². The maximum Gasteiger partial charge on any atom is 0.226 e.